The fraction of sp³-hybridized carbons (Fsp3) is 0.522. The molecule has 2 saturated heterocycles. The van der Waals surface area contributed by atoms with Gasteiger partial charge in [-0.25, -0.2) is 14.4 Å². The van der Waals surface area contributed by atoms with Crippen LogP contribution >= 0.6 is 0 Å². The van der Waals surface area contributed by atoms with Crippen LogP contribution in [0, 0.1) is 11.7 Å². The van der Waals surface area contributed by atoms with E-state index >= 15 is 0 Å². The lowest BCUT2D eigenvalue weighted by Crippen LogP contribution is -2.39. The fourth-order valence-corrected chi connectivity index (χ4v) is 4.30. The molecule has 3 heterocycles. The van der Waals surface area contributed by atoms with Gasteiger partial charge in [0.1, 0.15) is 5.82 Å². The van der Waals surface area contributed by atoms with Crippen molar-refractivity contribution in [1.29, 1.82) is 0 Å². The third-order valence-electron chi connectivity index (χ3n) is 5.82. The van der Waals surface area contributed by atoms with Gasteiger partial charge in [-0.15, -0.1) is 0 Å². The Hall–Kier alpha value is -2.58. The molecule has 0 aliphatic carbocycles. The maximum absolute atomic E-state index is 13.3. The summed E-state index contributed by atoms with van der Waals surface area (Å²) < 4.78 is 18.7. The lowest BCUT2D eigenvalue weighted by Gasteiger charge is -2.27. The number of nitrogens with zero attached hydrogens (tertiary/aromatic N) is 4. The molecule has 0 saturated carbocycles. The summed E-state index contributed by atoms with van der Waals surface area (Å²) in [6.45, 7) is 8.83. The minimum atomic E-state index is -0.242. The summed E-state index contributed by atoms with van der Waals surface area (Å²) in [6.07, 6.45) is 1.78. The second-order valence-corrected chi connectivity index (χ2v) is 8.58. The molecule has 0 radical (unpaired) electrons. The average molecular weight is 428 g/mol. The number of aromatic nitrogens is 2. The third-order valence-corrected chi connectivity index (χ3v) is 5.82. The average Bonchev–Trinajstić information content (AvgIpc) is 3.20. The van der Waals surface area contributed by atoms with Gasteiger partial charge in [-0.2, -0.15) is 0 Å². The number of anilines is 1. The molecule has 1 N–H and O–H groups in total. The van der Waals surface area contributed by atoms with E-state index in [2.05, 4.69) is 20.1 Å². The Kier molecular flexibility index (Phi) is 6.77. The molecule has 166 valence electrons. The Morgan fingerprint density at radius 2 is 1.94 bits per heavy atom. The van der Waals surface area contributed by atoms with Crippen LogP contribution < -0.4 is 10.2 Å². The first-order valence-electron chi connectivity index (χ1n) is 10.9. The standard InChI is InChI=1S/C23H30FN5O2/c1-16(2)26-22(30)20-15-28(13-17-3-5-18(24)6-4-17)14-19(20)21-7-8-25-23(27-21)29-9-11-31-12-10-29/h3-8,16,19-20H,9-15H2,1-2H3,(H,26,30)/t19-,20-/m0/s1. The van der Waals surface area contributed by atoms with Crippen LogP contribution in [0.15, 0.2) is 36.5 Å². The second-order valence-electron chi connectivity index (χ2n) is 8.58. The molecule has 2 aliphatic rings. The molecule has 0 unspecified atom stereocenters. The SMILES string of the molecule is CC(C)NC(=O)[C@H]1CN(Cc2ccc(F)cc2)C[C@@H]1c1ccnc(N2CCOCC2)n1. The molecule has 7 nitrogen and oxygen atoms in total. The van der Waals surface area contributed by atoms with Crippen LogP contribution in [0.5, 0.6) is 0 Å². The van der Waals surface area contributed by atoms with E-state index in [-0.39, 0.29) is 29.6 Å². The van der Waals surface area contributed by atoms with Crippen LogP contribution in [0.2, 0.25) is 0 Å². The van der Waals surface area contributed by atoms with Crippen molar-refractivity contribution in [2.75, 3.05) is 44.3 Å². The van der Waals surface area contributed by atoms with E-state index < -0.39 is 0 Å². The normalized spacial score (nSPS) is 22.1. The smallest absolute Gasteiger partial charge is 0.225 e. The van der Waals surface area contributed by atoms with E-state index in [4.69, 9.17) is 9.72 Å². The Morgan fingerprint density at radius 3 is 2.65 bits per heavy atom. The van der Waals surface area contributed by atoms with Crippen molar-refractivity contribution in [3.63, 3.8) is 0 Å². The van der Waals surface area contributed by atoms with Gasteiger partial charge in [0.2, 0.25) is 11.9 Å². The summed E-state index contributed by atoms with van der Waals surface area (Å²) in [5.74, 6) is 0.278. The number of ether oxygens (including phenoxy) is 1. The van der Waals surface area contributed by atoms with Crippen LogP contribution in [0.4, 0.5) is 10.3 Å². The van der Waals surface area contributed by atoms with E-state index in [9.17, 15) is 9.18 Å². The highest BCUT2D eigenvalue weighted by atomic mass is 19.1. The molecule has 2 aliphatic heterocycles. The van der Waals surface area contributed by atoms with E-state index in [0.717, 1.165) is 24.3 Å². The van der Waals surface area contributed by atoms with E-state index in [1.54, 1.807) is 18.3 Å². The number of carbonyl (C=O) groups excluding carboxylic acids is 1. The van der Waals surface area contributed by atoms with Crippen LogP contribution in [0.25, 0.3) is 0 Å². The molecule has 1 amide bonds. The maximum atomic E-state index is 13.3. The highest BCUT2D eigenvalue weighted by molar-refractivity contribution is 5.80. The molecule has 4 rings (SSSR count). The summed E-state index contributed by atoms with van der Waals surface area (Å²) in [7, 11) is 0. The molecular weight excluding hydrogens is 397 g/mol. The number of hydrogen-bond donors (Lipinski definition) is 1. The first kappa shape index (κ1) is 21.6. The monoisotopic (exact) mass is 427 g/mol. The summed E-state index contributed by atoms with van der Waals surface area (Å²) in [5, 5.41) is 3.07. The molecule has 0 spiro atoms. The third kappa shape index (κ3) is 5.37. The number of likely N-dealkylation sites (tertiary alicyclic amines) is 1. The molecule has 0 bridgehead atoms. The lowest BCUT2D eigenvalue weighted by molar-refractivity contribution is -0.125. The summed E-state index contributed by atoms with van der Waals surface area (Å²) in [5.41, 5.74) is 1.92. The molecule has 1 aromatic carbocycles. The Bertz CT molecular complexity index is 886. The highest BCUT2D eigenvalue weighted by Crippen LogP contribution is 2.33. The van der Waals surface area contributed by atoms with Gasteiger partial charge in [0.05, 0.1) is 24.8 Å². The Labute approximate surface area is 182 Å². The zero-order valence-electron chi connectivity index (χ0n) is 18.1. The molecule has 31 heavy (non-hydrogen) atoms. The van der Waals surface area contributed by atoms with Gasteiger partial charge < -0.3 is 15.0 Å². The van der Waals surface area contributed by atoms with Gasteiger partial charge in [0, 0.05) is 50.9 Å². The lowest BCUT2D eigenvalue weighted by atomic mass is 9.91. The number of halogens is 1. The van der Waals surface area contributed by atoms with Crippen molar-refractivity contribution in [2.24, 2.45) is 5.92 Å². The van der Waals surface area contributed by atoms with E-state index in [1.165, 1.54) is 12.1 Å². The van der Waals surface area contributed by atoms with Crippen LogP contribution in [0.1, 0.15) is 31.0 Å². The number of nitrogens with one attached hydrogen (secondary N) is 1. The topological polar surface area (TPSA) is 70.6 Å². The molecule has 2 aromatic rings. The predicted molar refractivity (Wildman–Crippen MR) is 116 cm³/mol. The largest absolute Gasteiger partial charge is 0.378 e. The van der Waals surface area contributed by atoms with Crippen molar-refractivity contribution in [2.45, 2.75) is 32.4 Å². The minimum absolute atomic E-state index is 0.0259. The van der Waals surface area contributed by atoms with Gasteiger partial charge in [0.15, 0.2) is 0 Å². The number of hydrogen-bond acceptors (Lipinski definition) is 6. The number of amides is 1. The summed E-state index contributed by atoms with van der Waals surface area (Å²) >= 11 is 0. The predicted octanol–water partition coefficient (Wildman–Crippen LogP) is 2.19. The van der Waals surface area contributed by atoms with Gasteiger partial charge in [0.25, 0.3) is 0 Å². The molecular formula is C23H30FN5O2. The van der Waals surface area contributed by atoms with Gasteiger partial charge in [-0.3, -0.25) is 9.69 Å². The quantitative estimate of drug-likeness (QED) is 0.762. The zero-order valence-corrected chi connectivity index (χ0v) is 18.1. The minimum Gasteiger partial charge on any atom is -0.378 e. The van der Waals surface area contributed by atoms with E-state index in [1.807, 2.05) is 19.9 Å². The Balaban J connectivity index is 1.55. The zero-order chi connectivity index (χ0) is 21.8. The Morgan fingerprint density at radius 1 is 1.19 bits per heavy atom. The molecule has 1 aromatic heterocycles. The van der Waals surface area contributed by atoms with Gasteiger partial charge in [-0.05, 0) is 37.6 Å². The first-order chi connectivity index (χ1) is 15.0. The van der Waals surface area contributed by atoms with E-state index in [0.29, 0.717) is 38.8 Å². The van der Waals surface area contributed by atoms with Gasteiger partial charge in [-0.1, -0.05) is 12.1 Å². The van der Waals surface area contributed by atoms with Crippen LogP contribution in [-0.4, -0.2) is 66.2 Å². The summed E-state index contributed by atoms with van der Waals surface area (Å²) in [4.78, 5) is 26.7. The van der Waals surface area contributed by atoms with Crippen molar-refractivity contribution in [1.82, 2.24) is 20.2 Å². The van der Waals surface area contributed by atoms with Crippen molar-refractivity contribution in [3.8, 4) is 0 Å². The molecule has 2 fully saturated rings. The maximum Gasteiger partial charge on any atom is 0.225 e. The number of morpholine rings is 1. The number of benzene rings is 1. The number of rotatable bonds is 6. The van der Waals surface area contributed by atoms with Crippen molar-refractivity contribution < 1.29 is 13.9 Å². The van der Waals surface area contributed by atoms with Crippen molar-refractivity contribution >= 4 is 11.9 Å². The number of carbonyl (C=O) groups is 1. The molecule has 8 heteroatoms. The fourth-order valence-electron chi connectivity index (χ4n) is 4.30. The molecule has 2 atom stereocenters. The van der Waals surface area contributed by atoms with Crippen LogP contribution in [-0.2, 0) is 16.1 Å². The first-order valence-corrected chi connectivity index (χ1v) is 10.9. The summed E-state index contributed by atoms with van der Waals surface area (Å²) in [6, 6.07) is 8.55. The van der Waals surface area contributed by atoms with Crippen LogP contribution in [0.3, 0.4) is 0 Å². The van der Waals surface area contributed by atoms with Gasteiger partial charge >= 0.3 is 0 Å². The second kappa shape index (κ2) is 9.70. The van der Waals surface area contributed by atoms with Crippen molar-refractivity contribution in [3.05, 3.63) is 53.6 Å². The highest BCUT2D eigenvalue weighted by Gasteiger charge is 2.39.